The number of fused-ring (bicyclic) bond motifs is 3. The minimum absolute atomic E-state index is 0.0846. The molecule has 7 aromatic rings. The zero-order valence-corrected chi connectivity index (χ0v) is 42.1. The van der Waals surface area contributed by atoms with Crippen LogP contribution in [0.25, 0.3) is 21.8 Å². The fourth-order valence-corrected chi connectivity index (χ4v) is 8.92. The molecule has 1 unspecified atom stereocenters. The second-order valence-corrected chi connectivity index (χ2v) is 18.7. The van der Waals surface area contributed by atoms with Crippen LogP contribution < -0.4 is 34.6 Å². The first-order valence-corrected chi connectivity index (χ1v) is 24.6. The lowest BCUT2D eigenvalue weighted by Crippen LogP contribution is -2.54. The van der Waals surface area contributed by atoms with Gasteiger partial charge in [-0.3, -0.25) is 19.2 Å². The highest BCUT2D eigenvalue weighted by molar-refractivity contribution is 6.00. The van der Waals surface area contributed by atoms with E-state index in [9.17, 15) is 19.2 Å². The van der Waals surface area contributed by atoms with E-state index in [1.165, 1.54) is 13.8 Å². The van der Waals surface area contributed by atoms with Crippen LogP contribution in [0.2, 0.25) is 0 Å². The van der Waals surface area contributed by atoms with Crippen molar-refractivity contribution in [1.29, 1.82) is 0 Å². The molecule has 0 bridgehead atoms. The summed E-state index contributed by atoms with van der Waals surface area (Å²) in [7, 11) is 0. The van der Waals surface area contributed by atoms with Gasteiger partial charge in [0.05, 0.1) is 17.5 Å². The minimum Gasteiger partial charge on any atom is -0.489 e. The summed E-state index contributed by atoms with van der Waals surface area (Å²) in [6.07, 6.45) is -0.313. The van der Waals surface area contributed by atoms with Gasteiger partial charge in [0.25, 0.3) is 5.91 Å². The SMILES string of the molecule is CC(=O)Nc1nc(N2CCN(C(=O)C3COc4ccccc4O3)CC2)nc2cc(C)c(C)cc12.CC(=O)Nc1nc(N2CCN(C(=O)Cc3ccc(OCc4ccccc4)cc3)CC2)nc2cc(C)c(C)cc12. The number of carbonyl (C=O) groups excluding carboxylic acids is 4. The molecule has 0 radical (unpaired) electrons. The van der Waals surface area contributed by atoms with Crippen LogP contribution in [0.3, 0.4) is 0 Å². The molecule has 3 aliphatic heterocycles. The number of carbonyl (C=O) groups is 4. The largest absolute Gasteiger partial charge is 0.489 e. The second-order valence-electron chi connectivity index (χ2n) is 18.7. The van der Waals surface area contributed by atoms with E-state index in [-0.39, 0.29) is 30.2 Å². The first-order chi connectivity index (χ1) is 35.2. The van der Waals surface area contributed by atoms with Crippen molar-refractivity contribution in [3.63, 3.8) is 0 Å². The molecule has 5 aromatic carbocycles. The van der Waals surface area contributed by atoms with Crippen LogP contribution in [-0.2, 0) is 32.2 Å². The molecule has 0 aliphatic carbocycles. The number of amides is 4. The Hall–Kier alpha value is -8.34. The van der Waals surface area contributed by atoms with E-state index in [2.05, 4.69) is 25.5 Å². The Kier molecular flexibility index (Phi) is 14.9. The van der Waals surface area contributed by atoms with Gasteiger partial charge < -0.3 is 44.4 Å². The summed E-state index contributed by atoms with van der Waals surface area (Å²) >= 11 is 0. The maximum atomic E-state index is 13.0. The summed E-state index contributed by atoms with van der Waals surface area (Å²) in [5, 5.41) is 7.33. The quantitative estimate of drug-likeness (QED) is 0.139. The van der Waals surface area contributed by atoms with Crippen LogP contribution in [0, 0.1) is 27.7 Å². The van der Waals surface area contributed by atoms with Gasteiger partial charge in [-0.1, -0.05) is 54.6 Å². The van der Waals surface area contributed by atoms with Gasteiger partial charge in [-0.2, -0.15) is 9.97 Å². The van der Waals surface area contributed by atoms with Crippen LogP contribution in [-0.4, -0.2) is 118 Å². The number of anilines is 4. The van der Waals surface area contributed by atoms with E-state index < -0.39 is 6.10 Å². The summed E-state index contributed by atoms with van der Waals surface area (Å²) in [6, 6.07) is 33.2. The highest BCUT2D eigenvalue weighted by Gasteiger charge is 2.33. The molecule has 0 spiro atoms. The number of nitrogens with one attached hydrogen (secondary N) is 2. The van der Waals surface area contributed by atoms with Crippen LogP contribution >= 0.6 is 0 Å². The van der Waals surface area contributed by atoms with Gasteiger partial charge in [0.2, 0.25) is 35.7 Å². The molecule has 17 heteroatoms. The van der Waals surface area contributed by atoms with Crippen molar-refractivity contribution in [2.45, 2.75) is 60.7 Å². The Bertz CT molecular complexity index is 3170. The molecule has 2 fully saturated rings. The zero-order valence-electron chi connectivity index (χ0n) is 42.1. The molecule has 73 heavy (non-hydrogen) atoms. The van der Waals surface area contributed by atoms with E-state index >= 15 is 0 Å². The lowest BCUT2D eigenvalue weighted by Gasteiger charge is -2.37. The molecule has 2 saturated heterocycles. The van der Waals surface area contributed by atoms with Crippen LogP contribution in [0.5, 0.6) is 17.2 Å². The average molecular weight is 985 g/mol. The molecule has 2 N–H and O–H groups in total. The molecule has 3 aliphatic rings. The number of ether oxygens (including phenoxy) is 3. The molecular formula is C56H60N10O7. The van der Waals surface area contributed by atoms with E-state index in [0.29, 0.717) is 100 Å². The maximum Gasteiger partial charge on any atom is 0.267 e. The Morgan fingerprint density at radius 1 is 0.575 bits per heavy atom. The maximum absolute atomic E-state index is 13.0. The highest BCUT2D eigenvalue weighted by atomic mass is 16.6. The smallest absolute Gasteiger partial charge is 0.267 e. The van der Waals surface area contributed by atoms with Crippen molar-refractivity contribution in [3.05, 3.63) is 137 Å². The molecule has 0 saturated carbocycles. The van der Waals surface area contributed by atoms with Crippen molar-refractivity contribution in [2.24, 2.45) is 0 Å². The fraction of sp³-hybridized carbons (Fsp3) is 0.321. The van der Waals surface area contributed by atoms with Crippen LogP contribution in [0.15, 0.2) is 103 Å². The molecule has 2 aromatic heterocycles. The molecular weight excluding hydrogens is 925 g/mol. The Morgan fingerprint density at radius 2 is 1.07 bits per heavy atom. The Labute approximate surface area is 424 Å². The number of aryl methyl sites for hydroxylation is 4. The number of aromatic nitrogens is 4. The second kappa shape index (κ2) is 22.0. The third-order valence-electron chi connectivity index (χ3n) is 13.3. The molecule has 5 heterocycles. The summed E-state index contributed by atoms with van der Waals surface area (Å²) in [5.41, 5.74) is 8.12. The molecule has 4 amide bonds. The van der Waals surface area contributed by atoms with Crippen molar-refractivity contribution >= 4 is 69.0 Å². The highest BCUT2D eigenvalue weighted by Crippen LogP contribution is 2.33. The summed E-state index contributed by atoms with van der Waals surface area (Å²) < 4.78 is 17.4. The van der Waals surface area contributed by atoms with Gasteiger partial charge >= 0.3 is 0 Å². The topological polar surface area (TPSA) is 185 Å². The first-order valence-electron chi connectivity index (χ1n) is 24.6. The van der Waals surface area contributed by atoms with Gasteiger partial charge in [0, 0.05) is 77.0 Å². The van der Waals surface area contributed by atoms with Crippen molar-refractivity contribution in [3.8, 4) is 17.2 Å². The van der Waals surface area contributed by atoms with E-state index in [0.717, 1.165) is 60.9 Å². The van der Waals surface area contributed by atoms with E-state index in [1.807, 2.05) is 135 Å². The Morgan fingerprint density at radius 3 is 1.60 bits per heavy atom. The fourth-order valence-electron chi connectivity index (χ4n) is 8.92. The van der Waals surface area contributed by atoms with E-state index in [1.54, 1.807) is 11.0 Å². The Balaban J connectivity index is 0.000000181. The van der Waals surface area contributed by atoms with Gasteiger partial charge in [0.1, 0.15) is 30.6 Å². The zero-order chi connectivity index (χ0) is 51.2. The first kappa shape index (κ1) is 49.6. The summed E-state index contributed by atoms with van der Waals surface area (Å²) in [5.74, 6) is 3.79. The normalized spacial score (nSPS) is 15.3. The molecule has 17 nitrogen and oxygen atoms in total. The van der Waals surface area contributed by atoms with E-state index in [4.69, 9.17) is 24.2 Å². The number of hydrogen-bond acceptors (Lipinski definition) is 13. The van der Waals surface area contributed by atoms with Crippen LogP contribution in [0.4, 0.5) is 23.5 Å². The van der Waals surface area contributed by atoms with Gasteiger partial charge in [-0.15, -0.1) is 0 Å². The number of benzene rings is 5. The predicted molar refractivity (Wildman–Crippen MR) is 281 cm³/mol. The van der Waals surface area contributed by atoms with Gasteiger partial charge in [-0.05, 0) is 110 Å². The number of rotatable bonds is 10. The summed E-state index contributed by atoms with van der Waals surface area (Å²) in [4.78, 5) is 76.4. The van der Waals surface area contributed by atoms with Crippen LogP contribution in [0.1, 0.15) is 47.2 Å². The third-order valence-corrected chi connectivity index (χ3v) is 13.3. The number of hydrogen-bond donors (Lipinski definition) is 2. The van der Waals surface area contributed by atoms with Gasteiger partial charge in [-0.25, -0.2) is 9.97 Å². The number of para-hydroxylation sites is 2. The molecule has 1 atom stereocenters. The molecule has 10 rings (SSSR count). The molecule has 376 valence electrons. The average Bonchev–Trinajstić information content (AvgIpc) is 3.39. The predicted octanol–water partition coefficient (Wildman–Crippen LogP) is 7.37. The number of piperazine rings is 2. The lowest BCUT2D eigenvalue weighted by molar-refractivity contribution is -0.141. The third kappa shape index (κ3) is 11.9. The van der Waals surface area contributed by atoms with Gasteiger partial charge in [0.15, 0.2) is 11.5 Å². The van der Waals surface area contributed by atoms with Crippen molar-refractivity contribution < 1.29 is 33.4 Å². The minimum atomic E-state index is -0.657. The van der Waals surface area contributed by atoms with Crippen molar-refractivity contribution in [2.75, 3.05) is 79.4 Å². The van der Waals surface area contributed by atoms with Crippen molar-refractivity contribution in [1.82, 2.24) is 29.7 Å². The number of nitrogens with zero attached hydrogens (tertiary/aromatic N) is 8. The standard InChI is InChI=1S/C31H33N5O3.C25H27N5O4/c1-21-17-27-28(18-22(21)2)33-31(34-30(27)32-23(3)37)36-15-13-35(14-16-36)29(38)19-24-9-11-26(12-10-24)39-20-25-7-5-4-6-8-25;1-15-12-18-19(13-16(15)2)27-25(28-23(18)26-17(3)31)30-10-8-29(9-11-30)24(32)22-14-33-20-6-4-5-7-21(20)34-22/h4-12,17-18H,13-16,19-20H2,1-3H3,(H,32,33,34,37);4-7,12-13,22H,8-11,14H2,1-3H3,(H,26,27,28,31). The monoisotopic (exact) mass is 984 g/mol. The summed E-state index contributed by atoms with van der Waals surface area (Å²) in [6.45, 7) is 16.4. The lowest BCUT2D eigenvalue weighted by atomic mass is 10.1.